The van der Waals surface area contributed by atoms with Gasteiger partial charge in [-0.3, -0.25) is 18.5 Å². The maximum absolute atomic E-state index is 12.3. The molecule has 0 saturated heterocycles. The summed E-state index contributed by atoms with van der Waals surface area (Å²) in [6.07, 6.45) is 0.722. The lowest BCUT2D eigenvalue weighted by atomic mass is 9.90. The summed E-state index contributed by atoms with van der Waals surface area (Å²) in [5.41, 5.74) is 0.962. The fourth-order valence-electron chi connectivity index (χ4n) is 5.28. The molecule has 2 aromatic carbocycles. The van der Waals surface area contributed by atoms with Gasteiger partial charge in [-0.15, -0.1) is 10.2 Å². The van der Waals surface area contributed by atoms with Crippen LogP contribution < -0.4 is 20.3 Å². The molecule has 0 bridgehead atoms. The summed E-state index contributed by atoms with van der Waals surface area (Å²) < 4.78 is 104. The normalized spacial score (nSPS) is 12.2. The third-order valence-corrected chi connectivity index (χ3v) is 11.4. The summed E-state index contributed by atoms with van der Waals surface area (Å²) in [5, 5.41) is 39.7. The summed E-state index contributed by atoms with van der Waals surface area (Å²) >= 11 is 1.14. The van der Waals surface area contributed by atoms with E-state index in [4.69, 9.17) is 14.4 Å². The van der Waals surface area contributed by atoms with Crippen LogP contribution in [-0.2, 0) is 40.6 Å². The molecule has 0 unspecified atom stereocenters. The van der Waals surface area contributed by atoms with Gasteiger partial charge in [-0.2, -0.15) is 40.9 Å². The van der Waals surface area contributed by atoms with E-state index in [1.165, 1.54) is 11.6 Å². The highest BCUT2D eigenvalue weighted by Gasteiger charge is 2.28. The molecule has 0 saturated carbocycles. The minimum atomic E-state index is -4.85. The lowest BCUT2D eigenvalue weighted by Gasteiger charge is -2.24. The van der Waals surface area contributed by atoms with Crippen LogP contribution in [0.5, 0.6) is 5.75 Å². The SMILES string of the molecule is CC(=O)Nc1cc(N(CCC#N)CCCCS(=O)(=O)O)ccc1N=Nc1c(C#N)c(C(C)(C)C)nn1-c1ccc(NCOc2cc(S(=O)(=O)O)cc(S(=O)(=O)O)c2)s1. The third kappa shape index (κ3) is 12.5. The van der Waals surface area contributed by atoms with Crippen molar-refractivity contribution in [3.63, 3.8) is 0 Å². The van der Waals surface area contributed by atoms with Crippen molar-refractivity contribution < 1.29 is 48.4 Å². The van der Waals surface area contributed by atoms with Crippen molar-refractivity contribution in [2.45, 2.75) is 62.2 Å². The van der Waals surface area contributed by atoms with E-state index in [1.807, 2.05) is 25.7 Å². The molecular weight excluding hydrogens is 839 g/mol. The Morgan fingerprint density at radius 2 is 1.62 bits per heavy atom. The molecular formula is C34H39N9O11S4. The van der Waals surface area contributed by atoms with Crippen molar-refractivity contribution in [1.82, 2.24) is 9.78 Å². The van der Waals surface area contributed by atoms with Crippen LogP contribution in [0.3, 0.4) is 0 Å². The Morgan fingerprint density at radius 1 is 0.948 bits per heavy atom. The van der Waals surface area contributed by atoms with Crippen LogP contribution >= 0.6 is 11.3 Å². The van der Waals surface area contributed by atoms with Crippen LogP contribution in [0.1, 0.15) is 58.2 Å². The van der Waals surface area contributed by atoms with Gasteiger partial charge in [-0.25, -0.2) is 4.68 Å². The molecule has 0 aliphatic rings. The van der Waals surface area contributed by atoms with Crippen LogP contribution in [0.4, 0.5) is 27.9 Å². The number of aromatic nitrogens is 2. The molecule has 1 amide bonds. The Bertz CT molecular complexity index is 2570. The number of hydrogen-bond donors (Lipinski definition) is 5. The van der Waals surface area contributed by atoms with Crippen molar-refractivity contribution in [3.8, 4) is 22.9 Å². The van der Waals surface area contributed by atoms with Gasteiger partial charge in [0.1, 0.15) is 28.1 Å². The van der Waals surface area contributed by atoms with Gasteiger partial charge in [0, 0.05) is 43.2 Å². The van der Waals surface area contributed by atoms with E-state index >= 15 is 0 Å². The molecule has 2 aromatic heterocycles. The summed E-state index contributed by atoms with van der Waals surface area (Å²) in [6, 6.07) is 14.7. The largest absolute Gasteiger partial charge is 0.473 e. The van der Waals surface area contributed by atoms with Crippen molar-refractivity contribution in [2.75, 3.05) is 41.1 Å². The number of carbonyl (C=O) groups excluding carboxylic acids is 1. The quantitative estimate of drug-likeness (QED) is 0.0341. The smallest absolute Gasteiger partial charge is 0.294 e. The summed E-state index contributed by atoms with van der Waals surface area (Å²) in [5.74, 6) is -1.07. The average molecular weight is 878 g/mol. The highest BCUT2D eigenvalue weighted by Crippen LogP contribution is 2.38. The molecule has 0 radical (unpaired) electrons. The Balaban J connectivity index is 1.66. The minimum absolute atomic E-state index is 0.0594. The topological polar surface area (TPSA) is 307 Å². The Hall–Kier alpha value is -5.47. The van der Waals surface area contributed by atoms with Gasteiger partial charge in [-0.05, 0) is 49.2 Å². The molecule has 4 aromatic rings. The van der Waals surface area contributed by atoms with E-state index in [9.17, 15) is 49.7 Å². The maximum atomic E-state index is 12.3. The second kappa shape index (κ2) is 18.4. The van der Waals surface area contributed by atoms with Crippen LogP contribution in [0.2, 0.25) is 0 Å². The van der Waals surface area contributed by atoms with E-state index < -0.39 is 57.2 Å². The first-order valence-electron chi connectivity index (χ1n) is 17.0. The Labute approximate surface area is 339 Å². The van der Waals surface area contributed by atoms with Gasteiger partial charge in [0.25, 0.3) is 30.4 Å². The molecule has 24 heteroatoms. The molecule has 5 N–H and O–H groups in total. The predicted octanol–water partition coefficient (Wildman–Crippen LogP) is 5.81. The number of carbonyl (C=O) groups is 1. The fraction of sp³-hybridized carbons (Fsp3) is 0.353. The number of nitriles is 2. The number of amides is 1. The Kier molecular flexibility index (Phi) is 14.4. The average Bonchev–Trinajstić information content (AvgIpc) is 3.74. The van der Waals surface area contributed by atoms with Gasteiger partial charge < -0.3 is 20.3 Å². The van der Waals surface area contributed by atoms with Crippen LogP contribution in [0, 0.1) is 22.7 Å². The zero-order valence-corrected chi connectivity index (χ0v) is 34.7. The number of hydrogen-bond acceptors (Lipinski definition) is 16. The first kappa shape index (κ1) is 45.2. The van der Waals surface area contributed by atoms with Gasteiger partial charge in [0.15, 0.2) is 12.5 Å². The number of unbranched alkanes of at least 4 members (excludes halogenated alkanes) is 1. The number of ether oxygens (including phenoxy) is 1. The molecule has 310 valence electrons. The van der Waals surface area contributed by atoms with Gasteiger partial charge in [0.05, 0.1) is 44.4 Å². The van der Waals surface area contributed by atoms with Gasteiger partial charge in [0.2, 0.25) is 5.91 Å². The molecule has 0 aliphatic carbocycles. The standard InChI is InChI=1S/C34H39N9O11S4/c1-22(44)38-29-16-23(42(14-7-12-35)13-5-6-15-56(45,46)47)8-9-28(29)39-40-33-27(20-36)32(34(2,3)4)41-43(33)31-11-10-30(55-31)37-21-54-24-17-25(57(48,49)50)19-26(18-24)58(51,52)53/h8-11,16-19,37H,5-7,13-15,21H2,1-4H3,(H,38,44)(H,45,46,47)(H,48,49,50)(H,51,52,53). The van der Waals surface area contributed by atoms with E-state index in [0.717, 1.165) is 23.5 Å². The van der Waals surface area contributed by atoms with E-state index in [-0.39, 0.29) is 48.1 Å². The van der Waals surface area contributed by atoms with Crippen molar-refractivity contribution in [1.29, 1.82) is 10.5 Å². The highest BCUT2D eigenvalue weighted by molar-refractivity contribution is 7.86. The number of rotatable bonds is 18. The molecule has 4 rings (SSSR count). The lowest BCUT2D eigenvalue weighted by Crippen LogP contribution is -2.26. The number of anilines is 3. The van der Waals surface area contributed by atoms with E-state index in [1.54, 1.807) is 30.3 Å². The fourth-order valence-corrected chi connectivity index (χ4v) is 7.85. The second-order valence-electron chi connectivity index (χ2n) is 13.5. The molecule has 0 atom stereocenters. The predicted molar refractivity (Wildman–Crippen MR) is 213 cm³/mol. The molecule has 2 heterocycles. The Morgan fingerprint density at radius 3 is 2.19 bits per heavy atom. The van der Waals surface area contributed by atoms with Crippen LogP contribution in [0.25, 0.3) is 5.00 Å². The first-order valence-corrected chi connectivity index (χ1v) is 22.3. The summed E-state index contributed by atoms with van der Waals surface area (Å²) in [6.45, 7) is 7.19. The zero-order chi connectivity index (χ0) is 43.1. The number of nitrogens with zero attached hydrogens (tertiary/aromatic N) is 7. The number of azo groups is 1. The van der Waals surface area contributed by atoms with Crippen LogP contribution in [0.15, 0.2) is 68.6 Å². The van der Waals surface area contributed by atoms with Gasteiger partial charge in [-0.1, -0.05) is 32.1 Å². The maximum Gasteiger partial charge on any atom is 0.294 e. The lowest BCUT2D eigenvalue weighted by molar-refractivity contribution is -0.114. The summed E-state index contributed by atoms with van der Waals surface area (Å²) in [7, 11) is -13.8. The van der Waals surface area contributed by atoms with Crippen LogP contribution in [-0.4, -0.2) is 80.2 Å². The number of thiophene rings is 1. The zero-order valence-electron chi connectivity index (χ0n) is 31.4. The monoisotopic (exact) mass is 877 g/mol. The molecule has 0 fully saturated rings. The molecule has 0 aliphatic heterocycles. The van der Waals surface area contributed by atoms with Crippen molar-refractivity contribution >= 4 is 75.5 Å². The third-order valence-electron chi connectivity index (χ3n) is 7.90. The van der Waals surface area contributed by atoms with E-state index in [0.29, 0.717) is 47.0 Å². The molecule has 20 nitrogen and oxygen atoms in total. The van der Waals surface area contributed by atoms with Gasteiger partial charge >= 0.3 is 0 Å². The molecule has 58 heavy (non-hydrogen) atoms. The van der Waals surface area contributed by atoms with Crippen molar-refractivity contribution in [2.24, 2.45) is 10.2 Å². The summed E-state index contributed by atoms with van der Waals surface area (Å²) in [4.78, 5) is 12.5. The number of nitrogens with one attached hydrogen (secondary N) is 2. The second-order valence-corrected chi connectivity index (χ2v) is 19.0. The molecule has 0 spiro atoms. The van der Waals surface area contributed by atoms with Crippen molar-refractivity contribution in [3.05, 3.63) is 59.8 Å². The highest BCUT2D eigenvalue weighted by atomic mass is 32.2. The number of benzene rings is 2. The van der Waals surface area contributed by atoms with E-state index in [2.05, 4.69) is 33.0 Å². The minimum Gasteiger partial charge on any atom is -0.473 e. The first-order chi connectivity index (χ1) is 27.0.